The first kappa shape index (κ1) is 87.2. The monoisotopic (exact) mass is 1320 g/mol. The quantitative estimate of drug-likeness (QED) is 0.0146. The van der Waals surface area contributed by atoms with Gasteiger partial charge in [0.25, 0.3) is 0 Å². The Morgan fingerprint density at radius 3 is 0.923 bits per heavy atom. The lowest BCUT2D eigenvalue weighted by Crippen LogP contribution is -2.30. The average Bonchev–Trinajstić information content (AvgIpc) is 3.75. The Kier molecular flexibility index (Phi) is 63.5. The predicted octanol–water partition coefficient (Wildman–Crippen LogP) is 19.6. The predicted molar refractivity (Wildman–Crippen MR) is 371 cm³/mol. The average molecular weight is 1320 g/mol. The molecule has 0 saturated heterocycles. The zero-order valence-corrected chi connectivity index (χ0v) is 58.5. The van der Waals surface area contributed by atoms with E-state index in [-0.39, 0.29) is 19.3 Å². The van der Waals surface area contributed by atoms with E-state index in [1.165, 1.54) is 44.9 Å². The molecule has 0 aliphatic heterocycles. The molecule has 0 aromatic heterocycles. The Bertz CT molecular complexity index is 2100. The van der Waals surface area contributed by atoms with E-state index in [2.05, 4.69) is 130 Å². The van der Waals surface area contributed by atoms with Gasteiger partial charge in [-0.05, 0) is 128 Å². The number of phosphoric ester groups is 2. The lowest BCUT2D eigenvalue weighted by Gasteiger charge is -2.21. The van der Waals surface area contributed by atoms with E-state index >= 15 is 0 Å². The highest BCUT2D eigenvalue weighted by Crippen LogP contribution is 2.45. The van der Waals surface area contributed by atoms with E-state index in [0.29, 0.717) is 19.3 Å². The molecule has 4 N–H and O–H groups in total. The van der Waals surface area contributed by atoms with Crippen molar-refractivity contribution in [2.45, 2.75) is 296 Å². The Morgan fingerprint density at radius 2 is 0.582 bits per heavy atom. The van der Waals surface area contributed by atoms with Crippen LogP contribution in [0.1, 0.15) is 278 Å². The maximum Gasteiger partial charge on any atom is 0.472 e. The molecule has 16 nitrogen and oxygen atoms in total. The number of aliphatic hydroxyl groups is 2. The van der Waals surface area contributed by atoms with Crippen molar-refractivity contribution in [1.82, 2.24) is 0 Å². The lowest BCUT2D eigenvalue weighted by molar-refractivity contribution is -0.161. The summed E-state index contributed by atoms with van der Waals surface area (Å²) in [6.07, 6.45) is 74.1. The second-order valence-electron chi connectivity index (χ2n) is 23.3. The number of aliphatic hydroxyl groups excluding tert-OH is 2. The maximum atomic E-state index is 12.9. The summed E-state index contributed by atoms with van der Waals surface area (Å²) in [5.74, 6) is -1.61. The number of carbonyl (C=O) groups excluding carboxylic acids is 3. The minimum absolute atomic E-state index is 0.0878. The highest BCUT2D eigenvalue weighted by molar-refractivity contribution is 7.47. The smallest absolute Gasteiger partial charge is 0.463 e. The summed E-state index contributed by atoms with van der Waals surface area (Å²) in [6.45, 7) is 2.47. The number of hydrogen-bond acceptors (Lipinski definition) is 14. The minimum atomic E-state index is -4.93. The number of esters is 3. The van der Waals surface area contributed by atoms with Crippen molar-refractivity contribution >= 4 is 33.6 Å². The van der Waals surface area contributed by atoms with Crippen LogP contribution in [-0.2, 0) is 55.8 Å². The molecular formula is C73H126O16P2. The fourth-order valence-corrected chi connectivity index (χ4v) is 10.7. The van der Waals surface area contributed by atoms with Gasteiger partial charge in [-0.1, -0.05) is 239 Å². The molecule has 5 atom stereocenters. The summed E-state index contributed by atoms with van der Waals surface area (Å²) in [4.78, 5) is 58.5. The molecule has 0 aromatic carbocycles. The van der Waals surface area contributed by atoms with E-state index in [4.69, 9.17) is 32.3 Å². The van der Waals surface area contributed by atoms with Gasteiger partial charge in [-0.3, -0.25) is 32.5 Å². The van der Waals surface area contributed by atoms with Gasteiger partial charge in [0.2, 0.25) is 0 Å². The van der Waals surface area contributed by atoms with Crippen molar-refractivity contribution in [2.24, 2.45) is 0 Å². The Morgan fingerprint density at radius 1 is 0.319 bits per heavy atom. The normalized spacial score (nSPS) is 14.8. The van der Waals surface area contributed by atoms with Crippen LogP contribution in [-0.4, -0.2) is 95.9 Å². The number of unbranched alkanes of at least 4 members (excludes halogenated alkanes) is 25. The molecule has 524 valence electrons. The van der Waals surface area contributed by atoms with Crippen LogP contribution in [0.4, 0.5) is 0 Å². The third kappa shape index (κ3) is 67.4. The third-order valence-electron chi connectivity index (χ3n) is 14.5. The molecule has 0 saturated carbocycles. The van der Waals surface area contributed by atoms with Gasteiger partial charge in [-0.2, -0.15) is 0 Å². The van der Waals surface area contributed by atoms with Gasteiger partial charge in [0.05, 0.1) is 26.4 Å². The first-order chi connectivity index (χ1) is 44.2. The Hall–Kier alpha value is -3.79. The molecule has 0 bridgehead atoms. The summed E-state index contributed by atoms with van der Waals surface area (Å²) in [6, 6.07) is 0. The van der Waals surface area contributed by atoms with Crippen LogP contribution in [0, 0.1) is 0 Å². The van der Waals surface area contributed by atoms with E-state index in [9.17, 15) is 43.5 Å². The first-order valence-corrected chi connectivity index (χ1v) is 38.2. The lowest BCUT2D eigenvalue weighted by atomic mass is 10.1. The van der Waals surface area contributed by atoms with Gasteiger partial charge < -0.3 is 34.2 Å². The molecule has 0 rings (SSSR count). The second kappa shape index (κ2) is 66.2. The number of rotatable bonds is 66. The van der Waals surface area contributed by atoms with E-state index in [1.807, 2.05) is 0 Å². The number of hydrogen-bond donors (Lipinski definition) is 4. The molecule has 91 heavy (non-hydrogen) atoms. The van der Waals surface area contributed by atoms with E-state index in [1.54, 1.807) is 0 Å². The summed E-state index contributed by atoms with van der Waals surface area (Å²) in [5, 5.41) is 20.6. The maximum absolute atomic E-state index is 12.9. The zero-order chi connectivity index (χ0) is 66.7. The molecule has 0 spiro atoms. The van der Waals surface area contributed by atoms with Crippen molar-refractivity contribution in [3.8, 4) is 0 Å². The molecule has 0 aliphatic rings. The van der Waals surface area contributed by atoms with E-state index < -0.39 is 91.5 Å². The standard InChI is InChI=1S/C73H126O16P2/c1-4-7-10-13-16-19-22-25-28-31-33-36-38-41-44-47-50-53-56-59-71(76)83-62-68(74)63-85-90(79,80)86-64-69(75)65-87-91(81,82)88-67-70(89-73(78)61-58-55-52-49-46-43-40-35-30-27-24-21-18-15-12-9-6-3)66-84-72(77)60-57-54-51-48-45-42-39-37-34-32-29-26-23-20-17-14-11-8-5-2/h9,12,16-21,25-30,33-34,36-37,68-70,74-75H,4-8,10-11,13-15,22-24,31-32,35,38-67H2,1-3H3,(H,79,80)(H,81,82)/b12-9-,19-16-,20-17-,21-18-,28-25-,29-26-,30-27-,36-33-,37-34-. The van der Waals surface area contributed by atoms with Crippen LogP contribution in [0.25, 0.3) is 0 Å². The van der Waals surface area contributed by atoms with Crippen LogP contribution >= 0.6 is 15.6 Å². The van der Waals surface area contributed by atoms with Gasteiger partial charge in [0, 0.05) is 19.3 Å². The molecule has 18 heteroatoms. The van der Waals surface area contributed by atoms with Gasteiger partial charge >= 0.3 is 33.6 Å². The SMILES string of the molecule is CC/C=C\C/C=C\C/C=C\CCCCCCCCCC(=O)OC(COC(=O)CCCCCCCC/C=C\C/C=C\C/C=C\CCCCC)COP(=O)(O)OCC(O)COP(=O)(O)OCC(O)COC(=O)CCCCCCCC/C=C\C/C=C\C/C=C\CCCCC. The van der Waals surface area contributed by atoms with Gasteiger partial charge in [0.1, 0.15) is 25.4 Å². The summed E-state index contributed by atoms with van der Waals surface area (Å²) in [5.41, 5.74) is 0. The molecule has 0 aromatic rings. The zero-order valence-electron chi connectivity index (χ0n) is 56.7. The molecule has 5 unspecified atom stereocenters. The van der Waals surface area contributed by atoms with Crippen LogP contribution in [0.15, 0.2) is 109 Å². The first-order valence-electron chi connectivity index (χ1n) is 35.2. The van der Waals surface area contributed by atoms with Crippen LogP contribution in [0.3, 0.4) is 0 Å². The summed E-state index contributed by atoms with van der Waals surface area (Å²) in [7, 11) is -9.79. The van der Waals surface area contributed by atoms with Gasteiger partial charge in [-0.15, -0.1) is 0 Å². The van der Waals surface area contributed by atoms with Gasteiger partial charge in [-0.25, -0.2) is 9.13 Å². The van der Waals surface area contributed by atoms with Crippen molar-refractivity contribution in [2.75, 3.05) is 39.6 Å². The topological polar surface area (TPSA) is 231 Å². The fraction of sp³-hybridized carbons (Fsp3) is 0.712. The van der Waals surface area contributed by atoms with Crippen LogP contribution < -0.4 is 0 Å². The van der Waals surface area contributed by atoms with E-state index in [0.717, 1.165) is 173 Å². The fourth-order valence-electron chi connectivity index (χ4n) is 9.07. The molecular weight excluding hydrogens is 1190 g/mol. The number of ether oxygens (including phenoxy) is 3. The van der Waals surface area contributed by atoms with Crippen molar-refractivity contribution in [3.05, 3.63) is 109 Å². The number of phosphoric acid groups is 2. The van der Waals surface area contributed by atoms with Crippen molar-refractivity contribution < 1.29 is 75.8 Å². The summed E-state index contributed by atoms with van der Waals surface area (Å²) < 4.78 is 60.9. The highest BCUT2D eigenvalue weighted by atomic mass is 31.2. The van der Waals surface area contributed by atoms with Crippen LogP contribution in [0.5, 0.6) is 0 Å². The molecule has 0 heterocycles. The van der Waals surface area contributed by atoms with Crippen molar-refractivity contribution in [3.63, 3.8) is 0 Å². The van der Waals surface area contributed by atoms with Crippen LogP contribution in [0.2, 0.25) is 0 Å². The number of carbonyl (C=O) groups is 3. The Labute approximate surface area is 551 Å². The highest BCUT2D eigenvalue weighted by Gasteiger charge is 2.29. The summed E-state index contributed by atoms with van der Waals surface area (Å²) >= 11 is 0. The molecule has 0 fully saturated rings. The largest absolute Gasteiger partial charge is 0.472 e. The molecule has 0 amide bonds. The van der Waals surface area contributed by atoms with Crippen molar-refractivity contribution in [1.29, 1.82) is 0 Å². The minimum Gasteiger partial charge on any atom is -0.463 e. The second-order valence-corrected chi connectivity index (χ2v) is 26.2. The molecule has 0 aliphatic carbocycles. The Balaban J connectivity index is 4.73. The third-order valence-corrected chi connectivity index (χ3v) is 16.4. The van der Waals surface area contributed by atoms with Gasteiger partial charge in [0.15, 0.2) is 6.10 Å². The number of allylic oxidation sites excluding steroid dienone is 18. The molecule has 0 radical (unpaired) electrons.